The summed E-state index contributed by atoms with van der Waals surface area (Å²) in [6, 6.07) is 9.82. The Morgan fingerprint density at radius 1 is 1.44 bits per heavy atom. The van der Waals surface area contributed by atoms with Gasteiger partial charge in [0, 0.05) is 32.5 Å². The zero-order chi connectivity index (χ0) is 13.0. The average molecular weight is 240 g/mol. The van der Waals surface area contributed by atoms with Crippen molar-refractivity contribution in [2.24, 2.45) is 0 Å². The van der Waals surface area contributed by atoms with Crippen LogP contribution in [0.25, 0.3) is 0 Å². The summed E-state index contributed by atoms with van der Waals surface area (Å²) >= 11 is 0. The van der Waals surface area contributed by atoms with Crippen molar-refractivity contribution >= 4 is 5.95 Å². The lowest BCUT2D eigenvalue weighted by Crippen LogP contribution is -2.20. The molecular formula is C14H16N4. The highest BCUT2D eigenvalue weighted by Gasteiger charge is 2.08. The molecule has 0 unspecified atom stereocenters. The summed E-state index contributed by atoms with van der Waals surface area (Å²) in [6.45, 7) is 3.74. The summed E-state index contributed by atoms with van der Waals surface area (Å²) in [7, 11) is 2.01. The Morgan fingerprint density at radius 3 is 3.00 bits per heavy atom. The van der Waals surface area contributed by atoms with Gasteiger partial charge >= 0.3 is 0 Å². The lowest BCUT2D eigenvalue weighted by atomic mass is 10.1. The molecule has 1 aromatic carbocycles. The molecule has 2 rings (SSSR count). The quantitative estimate of drug-likeness (QED) is 0.824. The number of aryl methyl sites for hydroxylation is 1. The number of anilines is 1. The van der Waals surface area contributed by atoms with Gasteiger partial charge in [-0.1, -0.05) is 12.1 Å². The van der Waals surface area contributed by atoms with Crippen molar-refractivity contribution < 1.29 is 0 Å². The van der Waals surface area contributed by atoms with Crippen LogP contribution in [0, 0.1) is 11.3 Å². The van der Waals surface area contributed by atoms with Crippen LogP contribution >= 0.6 is 0 Å². The van der Waals surface area contributed by atoms with E-state index in [0.29, 0.717) is 5.56 Å². The average Bonchev–Trinajstić information content (AvgIpc) is 2.87. The molecule has 92 valence electrons. The fourth-order valence-corrected chi connectivity index (χ4v) is 1.97. The first kappa shape index (κ1) is 12.2. The third-order valence-electron chi connectivity index (χ3n) is 2.85. The van der Waals surface area contributed by atoms with E-state index in [2.05, 4.69) is 27.4 Å². The summed E-state index contributed by atoms with van der Waals surface area (Å²) < 4.78 is 2.09. The monoisotopic (exact) mass is 240 g/mol. The molecule has 4 heteroatoms. The number of hydrogen-bond acceptors (Lipinski definition) is 3. The maximum Gasteiger partial charge on any atom is 0.205 e. The van der Waals surface area contributed by atoms with E-state index in [9.17, 15) is 0 Å². The van der Waals surface area contributed by atoms with Gasteiger partial charge in [0.25, 0.3) is 0 Å². The van der Waals surface area contributed by atoms with Gasteiger partial charge in [-0.2, -0.15) is 5.26 Å². The number of nitriles is 1. The standard InChI is InChI=1S/C14H16N4/c1-3-18-8-7-16-14(18)17(2)11-13-6-4-5-12(9-13)10-15/h4-9H,3,11H2,1-2H3. The van der Waals surface area contributed by atoms with Crippen LogP contribution in [0.4, 0.5) is 5.95 Å². The molecule has 0 aliphatic rings. The molecule has 0 N–H and O–H groups in total. The predicted molar refractivity (Wildman–Crippen MR) is 71.2 cm³/mol. The van der Waals surface area contributed by atoms with Gasteiger partial charge in [-0.15, -0.1) is 0 Å². The second kappa shape index (κ2) is 5.37. The summed E-state index contributed by atoms with van der Waals surface area (Å²) in [5.41, 5.74) is 1.81. The highest BCUT2D eigenvalue weighted by Crippen LogP contribution is 2.14. The Bertz CT molecular complexity index is 565. The van der Waals surface area contributed by atoms with Gasteiger partial charge in [-0.3, -0.25) is 0 Å². The molecule has 18 heavy (non-hydrogen) atoms. The van der Waals surface area contributed by atoms with E-state index in [1.165, 1.54) is 0 Å². The molecule has 2 aromatic rings. The molecule has 0 radical (unpaired) electrons. The number of aromatic nitrogens is 2. The predicted octanol–water partition coefficient (Wildman–Crippen LogP) is 2.41. The van der Waals surface area contributed by atoms with Gasteiger partial charge in [0.15, 0.2) is 0 Å². The Labute approximate surface area is 107 Å². The van der Waals surface area contributed by atoms with E-state index in [1.807, 2.05) is 37.5 Å². The smallest absolute Gasteiger partial charge is 0.205 e. The zero-order valence-corrected chi connectivity index (χ0v) is 10.7. The molecule has 0 spiro atoms. The molecule has 0 fully saturated rings. The summed E-state index contributed by atoms with van der Waals surface area (Å²) in [5, 5.41) is 8.88. The lowest BCUT2D eigenvalue weighted by molar-refractivity contribution is 0.725. The van der Waals surface area contributed by atoms with Gasteiger partial charge in [0.05, 0.1) is 11.6 Å². The van der Waals surface area contributed by atoms with E-state index in [1.54, 1.807) is 6.20 Å². The molecule has 1 aromatic heterocycles. The topological polar surface area (TPSA) is 44.9 Å². The van der Waals surface area contributed by atoms with Gasteiger partial charge < -0.3 is 9.47 Å². The van der Waals surface area contributed by atoms with Crippen molar-refractivity contribution in [2.45, 2.75) is 20.0 Å². The van der Waals surface area contributed by atoms with Crippen LogP contribution < -0.4 is 4.90 Å². The summed E-state index contributed by atoms with van der Waals surface area (Å²) in [4.78, 5) is 6.43. The fraction of sp³-hybridized carbons (Fsp3) is 0.286. The van der Waals surface area contributed by atoms with Crippen molar-refractivity contribution in [3.8, 4) is 6.07 Å². The second-order valence-corrected chi connectivity index (χ2v) is 4.18. The lowest BCUT2D eigenvalue weighted by Gasteiger charge is -2.19. The van der Waals surface area contributed by atoms with Crippen LogP contribution in [0.5, 0.6) is 0 Å². The van der Waals surface area contributed by atoms with Gasteiger partial charge in [0.2, 0.25) is 5.95 Å². The van der Waals surface area contributed by atoms with Crippen LogP contribution in [0.15, 0.2) is 36.7 Å². The molecule has 1 heterocycles. The first-order valence-electron chi connectivity index (χ1n) is 5.96. The highest BCUT2D eigenvalue weighted by molar-refractivity contribution is 5.37. The van der Waals surface area contributed by atoms with E-state index < -0.39 is 0 Å². The van der Waals surface area contributed by atoms with Gasteiger partial charge in [-0.05, 0) is 24.6 Å². The van der Waals surface area contributed by atoms with Crippen LogP contribution in [0.2, 0.25) is 0 Å². The molecule has 0 saturated heterocycles. The molecule has 0 saturated carbocycles. The molecule has 0 aliphatic heterocycles. The Kier molecular flexibility index (Phi) is 3.63. The minimum atomic E-state index is 0.694. The molecular weight excluding hydrogens is 224 g/mol. The van der Waals surface area contributed by atoms with Crippen molar-refractivity contribution in [1.82, 2.24) is 9.55 Å². The number of nitrogens with zero attached hydrogens (tertiary/aromatic N) is 4. The fourth-order valence-electron chi connectivity index (χ4n) is 1.97. The van der Waals surface area contributed by atoms with E-state index in [0.717, 1.165) is 24.6 Å². The molecule has 0 atom stereocenters. The number of hydrogen-bond donors (Lipinski definition) is 0. The third-order valence-corrected chi connectivity index (χ3v) is 2.85. The Balaban J connectivity index is 2.16. The van der Waals surface area contributed by atoms with Crippen LogP contribution in [-0.4, -0.2) is 16.6 Å². The summed E-state index contributed by atoms with van der Waals surface area (Å²) in [6.07, 6.45) is 3.78. The third kappa shape index (κ3) is 2.51. The maximum absolute atomic E-state index is 8.88. The molecule has 0 bridgehead atoms. The van der Waals surface area contributed by atoms with Crippen LogP contribution in [0.1, 0.15) is 18.1 Å². The maximum atomic E-state index is 8.88. The van der Waals surface area contributed by atoms with Crippen molar-refractivity contribution in [3.05, 3.63) is 47.8 Å². The van der Waals surface area contributed by atoms with Crippen molar-refractivity contribution in [2.75, 3.05) is 11.9 Å². The first-order chi connectivity index (χ1) is 8.74. The Hall–Kier alpha value is -2.28. The number of imidazole rings is 1. The van der Waals surface area contributed by atoms with Crippen LogP contribution in [-0.2, 0) is 13.1 Å². The molecule has 0 amide bonds. The summed E-state index contributed by atoms with van der Waals surface area (Å²) in [5.74, 6) is 0.944. The van der Waals surface area contributed by atoms with E-state index in [-0.39, 0.29) is 0 Å². The van der Waals surface area contributed by atoms with Crippen LogP contribution in [0.3, 0.4) is 0 Å². The normalized spacial score (nSPS) is 10.1. The number of benzene rings is 1. The minimum Gasteiger partial charge on any atom is -0.341 e. The van der Waals surface area contributed by atoms with E-state index >= 15 is 0 Å². The first-order valence-corrected chi connectivity index (χ1v) is 5.96. The minimum absolute atomic E-state index is 0.694. The zero-order valence-electron chi connectivity index (χ0n) is 10.7. The molecule has 0 aliphatic carbocycles. The second-order valence-electron chi connectivity index (χ2n) is 4.18. The van der Waals surface area contributed by atoms with Gasteiger partial charge in [-0.25, -0.2) is 4.98 Å². The number of rotatable bonds is 4. The molecule has 4 nitrogen and oxygen atoms in total. The van der Waals surface area contributed by atoms with E-state index in [4.69, 9.17) is 5.26 Å². The van der Waals surface area contributed by atoms with Crippen molar-refractivity contribution in [3.63, 3.8) is 0 Å². The SMILES string of the molecule is CCn1ccnc1N(C)Cc1cccc(C#N)c1. The highest BCUT2D eigenvalue weighted by atomic mass is 15.3. The van der Waals surface area contributed by atoms with Gasteiger partial charge in [0.1, 0.15) is 0 Å². The Morgan fingerprint density at radius 2 is 2.28 bits per heavy atom. The largest absolute Gasteiger partial charge is 0.341 e. The van der Waals surface area contributed by atoms with Crippen molar-refractivity contribution in [1.29, 1.82) is 5.26 Å².